The van der Waals surface area contributed by atoms with Crippen molar-refractivity contribution in [3.63, 3.8) is 0 Å². The van der Waals surface area contributed by atoms with Gasteiger partial charge in [-0.15, -0.1) is 0 Å². The molecule has 0 aliphatic rings. The van der Waals surface area contributed by atoms with Gasteiger partial charge in [0.2, 0.25) is 0 Å². The molecule has 21 heavy (non-hydrogen) atoms. The van der Waals surface area contributed by atoms with Crippen molar-refractivity contribution < 1.29 is 9.13 Å². The van der Waals surface area contributed by atoms with Crippen molar-refractivity contribution in [1.29, 1.82) is 0 Å². The van der Waals surface area contributed by atoms with Gasteiger partial charge in [0.15, 0.2) is 0 Å². The number of anilines is 1. The van der Waals surface area contributed by atoms with Crippen LogP contribution in [0, 0.1) is 5.82 Å². The fourth-order valence-electron chi connectivity index (χ4n) is 1.97. The van der Waals surface area contributed by atoms with Gasteiger partial charge in [0.1, 0.15) is 11.6 Å². The number of rotatable bonds is 4. The first-order valence-electron chi connectivity index (χ1n) is 6.17. The fourth-order valence-corrected chi connectivity index (χ4v) is 2.68. The van der Waals surface area contributed by atoms with Crippen molar-refractivity contribution in [2.45, 2.75) is 13.0 Å². The molecule has 0 aliphatic heterocycles. The lowest BCUT2D eigenvalue weighted by Crippen LogP contribution is -2.08. The van der Waals surface area contributed by atoms with Gasteiger partial charge in [0, 0.05) is 6.07 Å². The van der Waals surface area contributed by atoms with E-state index in [1.165, 1.54) is 19.2 Å². The zero-order valence-corrected chi connectivity index (χ0v) is 13.7. The second-order valence-electron chi connectivity index (χ2n) is 4.48. The van der Waals surface area contributed by atoms with Gasteiger partial charge in [-0.05, 0) is 30.7 Å². The minimum absolute atomic E-state index is 0.161. The summed E-state index contributed by atoms with van der Waals surface area (Å²) >= 11 is 18.2. The van der Waals surface area contributed by atoms with Gasteiger partial charge in [0.25, 0.3) is 0 Å². The zero-order chi connectivity index (χ0) is 15.6. The quantitative estimate of drug-likeness (QED) is 0.687. The molecule has 2 rings (SSSR count). The number of hydrogen-bond donors (Lipinski definition) is 1. The molecule has 2 nitrogen and oxygen atoms in total. The van der Waals surface area contributed by atoms with Crippen molar-refractivity contribution in [1.82, 2.24) is 0 Å². The molecule has 6 heteroatoms. The molecule has 0 aliphatic carbocycles. The average Bonchev–Trinajstić information content (AvgIpc) is 2.46. The first-order chi connectivity index (χ1) is 9.93. The van der Waals surface area contributed by atoms with Crippen LogP contribution >= 0.6 is 34.8 Å². The summed E-state index contributed by atoms with van der Waals surface area (Å²) in [6.45, 7) is 1.91. The van der Waals surface area contributed by atoms with Crippen LogP contribution in [-0.4, -0.2) is 7.11 Å². The smallest absolute Gasteiger partial charge is 0.144 e. The van der Waals surface area contributed by atoms with Crippen LogP contribution in [0.4, 0.5) is 10.1 Å². The molecule has 0 aromatic heterocycles. The third kappa shape index (κ3) is 3.54. The summed E-state index contributed by atoms with van der Waals surface area (Å²) < 4.78 is 18.3. The standard InChI is InChI=1S/C15H13Cl3FNO/c1-8(10-4-5-11(16)15(18)14(10)17)20-12-6-3-9(19)7-13(12)21-2/h3-8,20H,1-2H3. The molecule has 2 aromatic rings. The molecular weight excluding hydrogens is 336 g/mol. The van der Waals surface area contributed by atoms with Gasteiger partial charge < -0.3 is 10.1 Å². The van der Waals surface area contributed by atoms with E-state index in [9.17, 15) is 4.39 Å². The molecule has 0 saturated carbocycles. The first kappa shape index (κ1) is 16.2. The molecule has 112 valence electrons. The second kappa shape index (κ2) is 6.73. The van der Waals surface area contributed by atoms with E-state index in [-0.39, 0.29) is 11.9 Å². The highest BCUT2D eigenvalue weighted by Crippen LogP contribution is 2.37. The van der Waals surface area contributed by atoms with Crippen molar-refractivity contribution in [3.8, 4) is 5.75 Å². The maximum absolute atomic E-state index is 13.2. The lowest BCUT2D eigenvalue weighted by Gasteiger charge is -2.19. The molecular formula is C15H13Cl3FNO. The number of halogens is 4. The minimum Gasteiger partial charge on any atom is -0.494 e. The predicted octanol–water partition coefficient (Wildman–Crippen LogP) is 5.97. The van der Waals surface area contributed by atoms with Crippen LogP contribution in [-0.2, 0) is 0 Å². The van der Waals surface area contributed by atoms with Gasteiger partial charge in [-0.3, -0.25) is 0 Å². The summed E-state index contributed by atoms with van der Waals surface area (Å²) in [6.07, 6.45) is 0. The van der Waals surface area contributed by atoms with Gasteiger partial charge in [-0.25, -0.2) is 4.39 Å². The molecule has 0 spiro atoms. The molecule has 1 N–H and O–H groups in total. The van der Waals surface area contributed by atoms with E-state index in [0.29, 0.717) is 26.5 Å². The van der Waals surface area contributed by atoms with Crippen LogP contribution < -0.4 is 10.1 Å². The zero-order valence-electron chi connectivity index (χ0n) is 11.4. The third-order valence-corrected chi connectivity index (χ3v) is 4.38. The Labute approximate surface area is 137 Å². The van der Waals surface area contributed by atoms with Crippen LogP contribution in [0.3, 0.4) is 0 Å². The van der Waals surface area contributed by atoms with Crippen LogP contribution in [0.1, 0.15) is 18.5 Å². The normalized spacial score (nSPS) is 12.1. The number of hydrogen-bond acceptors (Lipinski definition) is 2. The van der Waals surface area contributed by atoms with E-state index in [0.717, 1.165) is 5.56 Å². The van der Waals surface area contributed by atoms with Gasteiger partial charge in [-0.2, -0.15) is 0 Å². The van der Waals surface area contributed by atoms with E-state index in [1.54, 1.807) is 18.2 Å². The molecule has 0 saturated heterocycles. The molecule has 0 radical (unpaired) electrons. The summed E-state index contributed by atoms with van der Waals surface area (Å²) in [5, 5.41) is 4.32. The summed E-state index contributed by atoms with van der Waals surface area (Å²) in [4.78, 5) is 0. The number of ether oxygens (including phenoxy) is 1. The third-order valence-electron chi connectivity index (χ3n) is 3.07. The van der Waals surface area contributed by atoms with E-state index >= 15 is 0 Å². The largest absolute Gasteiger partial charge is 0.494 e. The Morgan fingerprint density at radius 3 is 2.48 bits per heavy atom. The van der Waals surface area contributed by atoms with Crippen molar-refractivity contribution in [2.24, 2.45) is 0 Å². The lowest BCUT2D eigenvalue weighted by atomic mass is 10.1. The van der Waals surface area contributed by atoms with Crippen LogP contribution in [0.25, 0.3) is 0 Å². The van der Waals surface area contributed by atoms with E-state index in [1.807, 2.05) is 6.92 Å². The molecule has 0 bridgehead atoms. The fraction of sp³-hybridized carbons (Fsp3) is 0.200. The van der Waals surface area contributed by atoms with Crippen LogP contribution in [0.5, 0.6) is 5.75 Å². The highest BCUT2D eigenvalue weighted by molar-refractivity contribution is 6.48. The predicted molar refractivity (Wildman–Crippen MR) is 86.5 cm³/mol. The topological polar surface area (TPSA) is 21.3 Å². The molecule has 2 aromatic carbocycles. The first-order valence-corrected chi connectivity index (χ1v) is 7.31. The molecule has 0 heterocycles. The number of nitrogens with one attached hydrogen (secondary N) is 1. The lowest BCUT2D eigenvalue weighted by molar-refractivity contribution is 0.412. The van der Waals surface area contributed by atoms with E-state index in [4.69, 9.17) is 39.5 Å². The summed E-state index contributed by atoms with van der Waals surface area (Å²) in [5.41, 5.74) is 1.45. The summed E-state index contributed by atoms with van der Waals surface area (Å²) in [6, 6.07) is 7.59. The Bertz CT molecular complexity index is 664. The van der Waals surface area contributed by atoms with Crippen molar-refractivity contribution in [2.75, 3.05) is 12.4 Å². The number of methoxy groups -OCH3 is 1. The molecule has 0 amide bonds. The average molecular weight is 349 g/mol. The van der Waals surface area contributed by atoms with E-state index < -0.39 is 0 Å². The highest BCUT2D eigenvalue weighted by atomic mass is 35.5. The summed E-state index contributed by atoms with van der Waals surface area (Å²) in [7, 11) is 1.48. The molecule has 0 fully saturated rings. The van der Waals surface area contributed by atoms with Gasteiger partial charge >= 0.3 is 0 Å². The number of benzene rings is 2. The van der Waals surface area contributed by atoms with Crippen molar-refractivity contribution >= 4 is 40.5 Å². The van der Waals surface area contributed by atoms with Crippen LogP contribution in [0.2, 0.25) is 15.1 Å². The van der Waals surface area contributed by atoms with Crippen molar-refractivity contribution in [3.05, 3.63) is 56.8 Å². The maximum Gasteiger partial charge on any atom is 0.144 e. The van der Waals surface area contributed by atoms with E-state index in [2.05, 4.69) is 5.32 Å². The Balaban J connectivity index is 2.30. The summed E-state index contributed by atoms with van der Waals surface area (Å²) in [5.74, 6) is 0.0515. The molecule has 1 atom stereocenters. The van der Waals surface area contributed by atoms with Gasteiger partial charge in [-0.1, -0.05) is 40.9 Å². The maximum atomic E-state index is 13.2. The Hall–Kier alpha value is -1.16. The highest BCUT2D eigenvalue weighted by Gasteiger charge is 2.16. The Kier molecular flexibility index (Phi) is 5.20. The SMILES string of the molecule is COc1cc(F)ccc1NC(C)c1ccc(Cl)c(Cl)c1Cl. The minimum atomic E-state index is -0.363. The Morgan fingerprint density at radius 2 is 1.81 bits per heavy atom. The molecule has 1 unspecified atom stereocenters. The van der Waals surface area contributed by atoms with Gasteiger partial charge in [0.05, 0.1) is 33.9 Å². The van der Waals surface area contributed by atoms with Crippen LogP contribution in [0.15, 0.2) is 30.3 Å². The second-order valence-corrected chi connectivity index (χ2v) is 5.64. The monoisotopic (exact) mass is 347 g/mol. The Morgan fingerprint density at radius 1 is 1.10 bits per heavy atom.